The molecule has 3 heterocycles. The summed E-state index contributed by atoms with van der Waals surface area (Å²) in [5.41, 5.74) is 2.89. The van der Waals surface area contributed by atoms with Crippen LogP contribution in [0, 0.1) is 0 Å². The van der Waals surface area contributed by atoms with Gasteiger partial charge in [0.25, 0.3) is 5.91 Å². The predicted molar refractivity (Wildman–Crippen MR) is 95.0 cm³/mol. The van der Waals surface area contributed by atoms with Gasteiger partial charge in [-0.2, -0.15) is 0 Å². The van der Waals surface area contributed by atoms with Crippen molar-refractivity contribution in [2.75, 3.05) is 6.54 Å². The van der Waals surface area contributed by atoms with E-state index in [1.54, 1.807) is 18.0 Å². The second-order valence-corrected chi connectivity index (χ2v) is 5.98. The van der Waals surface area contributed by atoms with Crippen LogP contribution >= 0.6 is 0 Å². The van der Waals surface area contributed by atoms with Gasteiger partial charge in [-0.25, -0.2) is 0 Å². The summed E-state index contributed by atoms with van der Waals surface area (Å²) >= 11 is 0. The van der Waals surface area contributed by atoms with Crippen molar-refractivity contribution in [1.82, 2.24) is 14.9 Å². The van der Waals surface area contributed by atoms with Crippen molar-refractivity contribution in [2.24, 2.45) is 5.16 Å². The predicted octanol–water partition coefficient (Wildman–Crippen LogP) is 2.71. The van der Waals surface area contributed by atoms with Crippen LogP contribution in [-0.4, -0.2) is 39.3 Å². The maximum absolute atomic E-state index is 12.6. The SMILES string of the molecule is CC1ON=C(c2ccccn2)N(CCc2c[nH]c3ccccc23)C1=O. The molecule has 0 fully saturated rings. The van der Waals surface area contributed by atoms with E-state index in [-0.39, 0.29) is 5.91 Å². The van der Waals surface area contributed by atoms with E-state index < -0.39 is 6.10 Å². The summed E-state index contributed by atoms with van der Waals surface area (Å²) in [4.78, 5) is 27.1. The summed E-state index contributed by atoms with van der Waals surface area (Å²) < 4.78 is 0. The van der Waals surface area contributed by atoms with Gasteiger partial charge in [-0.3, -0.25) is 14.7 Å². The summed E-state index contributed by atoms with van der Waals surface area (Å²) in [6.45, 7) is 2.23. The van der Waals surface area contributed by atoms with Crippen LogP contribution in [0.4, 0.5) is 0 Å². The van der Waals surface area contributed by atoms with Gasteiger partial charge in [-0.05, 0) is 37.1 Å². The van der Waals surface area contributed by atoms with Gasteiger partial charge in [0.1, 0.15) is 5.69 Å². The van der Waals surface area contributed by atoms with Crippen LogP contribution in [0.25, 0.3) is 10.9 Å². The quantitative estimate of drug-likeness (QED) is 0.797. The van der Waals surface area contributed by atoms with Crippen LogP contribution in [0.15, 0.2) is 60.0 Å². The van der Waals surface area contributed by atoms with E-state index in [1.807, 2.05) is 42.6 Å². The van der Waals surface area contributed by atoms with Crippen molar-refractivity contribution in [3.05, 3.63) is 66.1 Å². The Morgan fingerprint density at radius 1 is 1.20 bits per heavy atom. The number of rotatable bonds is 4. The first-order valence-electron chi connectivity index (χ1n) is 8.25. The Hall–Kier alpha value is -3.15. The van der Waals surface area contributed by atoms with E-state index in [9.17, 15) is 4.79 Å². The molecule has 25 heavy (non-hydrogen) atoms. The van der Waals surface area contributed by atoms with Gasteiger partial charge in [0.2, 0.25) is 11.9 Å². The molecule has 1 aliphatic rings. The largest absolute Gasteiger partial charge is 0.381 e. The number of carbonyl (C=O) groups is 1. The topological polar surface area (TPSA) is 70.6 Å². The fourth-order valence-electron chi connectivity index (χ4n) is 3.01. The minimum Gasteiger partial charge on any atom is -0.381 e. The number of para-hydroxylation sites is 1. The maximum atomic E-state index is 12.6. The third-order valence-corrected chi connectivity index (χ3v) is 4.34. The van der Waals surface area contributed by atoms with E-state index in [0.717, 1.165) is 5.52 Å². The van der Waals surface area contributed by atoms with Gasteiger partial charge in [0.05, 0.1) is 0 Å². The van der Waals surface area contributed by atoms with Crippen molar-refractivity contribution in [3.63, 3.8) is 0 Å². The van der Waals surface area contributed by atoms with E-state index in [1.165, 1.54) is 10.9 Å². The van der Waals surface area contributed by atoms with Crippen molar-refractivity contribution in [3.8, 4) is 0 Å². The van der Waals surface area contributed by atoms with Gasteiger partial charge in [-0.15, -0.1) is 0 Å². The molecule has 1 aliphatic heterocycles. The molecule has 0 aliphatic carbocycles. The highest BCUT2D eigenvalue weighted by Gasteiger charge is 2.32. The molecule has 1 amide bonds. The van der Waals surface area contributed by atoms with Crippen LogP contribution in [0.3, 0.4) is 0 Å². The second kappa shape index (κ2) is 6.39. The molecule has 1 N–H and O–H groups in total. The number of benzene rings is 1. The summed E-state index contributed by atoms with van der Waals surface area (Å²) in [6, 6.07) is 13.7. The zero-order valence-electron chi connectivity index (χ0n) is 13.8. The van der Waals surface area contributed by atoms with E-state index in [0.29, 0.717) is 24.5 Å². The summed E-state index contributed by atoms with van der Waals surface area (Å²) in [5, 5.41) is 5.30. The minimum atomic E-state index is -0.588. The second-order valence-electron chi connectivity index (χ2n) is 5.98. The molecule has 0 spiro atoms. The molecule has 0 saturated carbocycles. The molecule has 4 rings (SSSR count). The molecule has 3 aromatic rings. The average Bonchev–Trinajstić information content (AvgIpc) is 3.07. The number of oxime groups is 1. The van der Waals surface area contributed by atoms with Gasteiger partial charge in [-0.1, -0.05) is 29.4 Å². The number of pyridine rings is 1. The smallest absolute Gasteiger partial charge is 0.271 e. The van der Waals surface area contributed by atoms with Gasteiger partial charge >= 0.3 is 0 Å². The van der Waals surface area contributed by atoms with Crippen molar-refractivity contribution in [2.45, 2.75) is 19.4 Å². The average molecular weight is 334 g/mol. The number of H-pyrrole nitrogens is 1. The Morgan fingerprint density at radius 2 is 2.04 bits per heavy atom. The van der Waals surface area contributed by atoms with Gasteiger partial charge in [0, 0.05) is 29.8 Å². The molecule has 0 bridgehead atoms. The number of amidine groups is 1. The molecule has 0 saturated heterocycles. The molecule has 1 atom stereocenters. The van der Waals surface area contributed by atoms with E-state index >= 15 is 0 Å². The Balaban J connectivity index is 1.61. The Bertz CT molecular complexity index is 933. The molecule has 1 aromatic carbocycles. The lowest BCUT2D eigenvalue weighted by Crippen LogP contribution is -2.47. The monoisotopic (exact) mass is 334 g/mol. The van der Waals surface area contributed by atoms with Crippen molar-refractivity contribution < 1.29 is 9.63 Å². The van der Waals surface area contributed by atoms with Crippen LogP contribution in [-0.2, 0) is 16.1 Å². The standard InChI is InChI=1S/C19H18N4O2/c1-13-19(24)23(18(22-25-13)17-8-4-5-10-20-17)11-9-14-12-21-16-7-3-2-6-15(14)16/h2-8,10,12-13,21H,9,11H2,1H3. The normalized spacial score (nSPS) is 17.5. The number of aromatic nitrogens is 2. The van der Waals surface area contributed by atoms with Crippen LogP contribution < -0.4 is 0 Å². The fraction of sp³-hybridized carbons (Fsp3) is 0.211. The lowest BCUT2D eigenvalue weighted by atomic mass is 10.1. The summed E-state index contributed by atoms with van der Waals surface area (Å²) in [6.07, 6.45) is 3.80. The van der Waals surface area contributed by atoms with E-state index in [2.05, 4.69) is 21.2 Å². The molecule has 126 valence electrons. The highest BCUT2D eigenvalue weighted by molar-refractivity contribution is 6.08. The Morgan fingerprint density at radius 3 is 2.88 bits per heavy atom. The third kappa shape index (κ3) is 2.87. The number of fused-ring (bicyclic) bond motifs is 1. The van der Waals surface area contributed by atoms with Crippen LogP contribution in [0.2, 0.25) is 0 Å². The molecular weight excluding hydrogens is 316 g/mol. The number of nitrogens with one attached hydrogen (secondary N) is 1. The third-order valence-electron chi connectivity index (χ3n) is 4.34. The summed E-state index contributed by atoms with van der Waals surface area (Å²) in [5.74, 6) is 0.360. The highest BCUT2D eigenvalue weighted by Crippen LogP contribution is 2.20. The molecule has 2 aromatic heterocycles. The minimum absolute atomic E-state index is 0.101. The van der Waals surface area contributed by atoms with Crippen LogP contribution in [0.5, 0.6) is 0 Å². The first-order chi connectivity index (χ1) is 12.2. The molecule has 0 radical (unpaired) electrons. The Kier molecular flexibility index (Phi) is 3.93. The van der Waals surface area contributed by atoms with Crippen LogP contribution in [0.1, 0.15) is 18.2 Å². The molecule has 1 unspecified atom stereocenters. The number of hydrogen-bond acceptors (Lipinski definition) is 4. The number of nitrogens with zero attached hydrogens (tertiary/aromatic N) is 3. The number of amides is 1. The highest BCUT2D eigenvalue weighted by atomic mass is 16.6. The summed E-state index contributed by atoms with van der Waals surface area (Å²) in [7, 11) is 0. The first-order valence-corrected chi connectivity index (χ1v) is 8.25. The van der Waals surface area contributed by atoms with Crippen molar-refractivity contribution in [1.29, 1.82) is 0 Å². The lowest BCUT2D eigenvalue weighted by Gasteiger charge is -2.29. The van der Waals surface area contributed by atoms with Crippen molar-refractivity contribution >= 4 is 22.6 Å². The lowest BCUT2D eigenvalue weighted by molar-refractivity contribution is -0.141. The fourth-order valence-corrected chi connectivity index (χ4v) is 3.01. The zero-order chi connectivity index (χ0) is 17.2. The van der Waals surface area contributed by atoms with Gasteiger partial charge < -0.3 is 9.82 Å². The number of carbonyl (C=O) groups excluding carboxylic acids is 1. The molecule has 6 heteroatoms. The van der Waals surface area contributed by atoms with E-state index in [4.69, 9.17) is 4.84 Å². The molecule has 6 nitrogen and oxygen atoms in total. The number of hydrogen-bond donors (Lipinski definition) is 1. The first kappa shape index (κ1) is 15.4. The zero-order valence-corrected chi connectivity index (χ0v) is 13.8. The maximum Gasteiger partial charge on any atom is 0.271 e. The Labute approximate surface area is 145 Å². The molecular formula is C19H18N4O2. The van der Waals surface area contributed by atoms with Gasteiger partial charge in [0.15, 0.2) is 0 Å². The number of aromatic amines is 1.